The molecule has 3 heterocycles. The Morgan fingerprint density at radius 2 is 2.10 bits per heavy atom. The maximum atomic E-state index is 4.54. The van der Waals surface area contributed by atoms with Crippen molar-refractivity contribution in [2.24, 2.45) is 7.05 Å². The monoisotopic (exact) mass is 287 g/mol. The third kappa shape index (κ3) is 2.27. The zero-order valence-corrected chi connectivity index (χ0v) is 12.8. The number of hydrogen-bond donors (Lipinski definition) is 1. The van der Waals surface area contributed by atoms with Crippen LogP contribution >= 0.6 is 11.3 Å². The number of hydrogen-bond acceptors (Lipinski definition) is 5. The smallest absolute Gasteiger partial charge is 0.148 e. The van der Waals surface area contributed by atoms with Crippen LogP contribution in [0, 0.1) is 13.8 Å². The molecule has 3 aromatic rings. The summed E-state index contributed by atoms with van der Waals surface area (Å²) in [7, 11) is 1.94. The number of aromatic nitrogens is 4. The lowest BCUT2D eigenvalue weighted by molar-refractivity contribution is 0.756. The highest BCUT2D eigenvalue weighted by Gasteiger charge is 2.14. The molecule has 3 rings (SSSR count). The van der Waals surface area contributed by atoms with Crippen LogP contribution < -0.4 is 5.32 Å². The molecule has 0 radical (unpaired) electrons. The average Bonchev–Trinajstić information content (AvgIpc) is 2.95. The van der Waals surface area contributed by atoms with Gasteiger partial charge in [0, 0.05) is 18.8 Å². The van der Waals surface area contributed by atoms with E-state index in [0.717, 1.165) is 27.6 Å². The highest BCUT2D eigenvalue weighted by molar-refractivity contribution is 7.17. The van der Waals surface area contributed by atoms with E-state index in [9.17, 15) is 0 Å². The second-order valence-electron chi connectivity index (χ2n) is 4.96. The number of fused-ring (bicyclic) bond motifs is 1. The Bertz CT molecular complexity index is 758. The summed E-state index contributed by atoms with van der Waals surface area (Å²) in [5.41, 5.74) is 3.23. The molecule has 20 heavy (non-hydrogen) atoms. The highest BCUT2D eigenvalue weighted by atomic mass is 32.1. The van der Waals surface area contributed by atoms with Crippen LogP contribution in [0.3, 0.4) is 0 Å². The van der Waals surface area contributed by atoms with Crippen LogP contribution in [0.15, 0.2) is 17.6 Å². The zero-order chi connectivity index (χ0) is 14.3. The minimum atomic E-state index is 0.156. The standard InChI is InChI=1S/C14H17N5S/c1-8(11-7-19(4)18-9(11)2)15-14-13-12(5-6-20-13)16-10(3)17-14/h5-8H,1-4H3,(H,15,16,17)/t8-/m0/s1. The lowest BCUT2D eigenvalue weighted by Gasteiger charge is -2.14. The maximum absolute atomic E-state index is 4.54. The predicted molar refractivity (Wildman–Crippen MR) is 82.1 cm³/mol. The number of thiophene rings is 1. The highest BCUT2D eigenvalue weighted by Crippen LogP contribution is 2.29. The summed E-state index contributed by atoms with van der Waals surface area (Å²) in [5.74, 6) is 1.69. The van der Waals surface area contributed by atoms with Gasteiger partial charge in [0.2, 0.25) is 0 Å². The topological polar surface area (TPSA) is 55.6 Å². The van der Waals surface area contributed by atoms with Crippen LogP contribution in [-0.2, 0) is 7.05 Å². The second-order valence-corrected chi connectivity index (χ2v) is 5.88. The van der Waals surface area contributed by atoms with Crippen LogP contribution in [0.25, 0.3) is 10.2 Å². The minimum Gasteiger partial charge on any atom is -0.362 e. The van der Waals surface area contributed by atoms with E-state index in [2.05, 4.69) is 27.3 Å². The Balaban J connectivity index is 1.96. The molecule has 0 aliphatic heterocycles. The van der Waals surface area contributed by atoms with E-state index in [1.165, 1.54) is 5.56 Å². The number of nitrogens with zero attached hydrogens (tertiary/aromatic N) is 4. The van der Waals surface area contributed by atoms with Crippen molar-refractivity contribution in [3.8, 4) is 0 Å². The molecule has 0 amide bonds. The lowest BCUT2D eigenvalue weighted by atomic mass is 10.1. The van der Waals surface area contributed by atoms with Gasteiger partial charge in [-0.05, 0) is 32.2 Å². The van der Waals surface area contributed by atoms with E-state index < -0.39 is 0 Å². The first-order valence-corrected chi connectivity index (χ1v) is 7.41. The fourth-order valence-corrected chi connectivity index (χ4v) is 3.19. The number of aryl methyl sites for hydroxylation is 3. The van der Waals surface area contributed by atoms with Crippen LogP contribution in [0.5, 0.6) is 0 Å². The van der Waals surface area contributed by atoms with Crippen molar-refractivity contribution in [2.45, 2.75) is 26.8 Å². The average molecular weight is 287 g/mol. The summed E-state index contributed by atoms with van der Waals surface area (Å²) in [6, 6.07) is 2.18. The first kappa shape index (κ1) is 13.1. The molecule has 6 heteroatoms. The van der Waals surface area contributed by atoms with Crippen molar-refractivity contribution < 1.29 is 0 Å². The fraction of sp³-hybridized carbons (Fsp3) is 0.357. The van der Waals surface area contributed by atoms with E-state index in [4.69, 9.17) is 0 Å². The molecular weight excluding hydrogens is 270 g/mol. The number of anilines is 1. The van der Waals surface area contributed by atoms with Gasteiger partial charge in [0.15, 0.2) is 0 Å². The van der Waals surface area contributed by atoms with E-state index in [1.54, 1.807) is 11.3 Å². The maximum Gasteiger partial charge on any atom is 0.148 e. The lowest BCUT2D eigenvalue weighted by Crippen LogP contribution is -2.09. The van der Waals surface area contributed by atoms with Crippen molar-refractivity contribution in [1.29, 1.82) is 0 Å². The minimum absolute atomic E-state index is 0.156. The molecular formula is C14H17N5S. The van der Waals surface area contributed by atoms with Gasteiger partial charge in [-0.1, -0.05) is 0 Å². The molecule has 0 unspecified atom stereocenters. The molecule has 0 saturated carbocycles. The van der Waals surface area contributed by atoms with Gasteiger partial charge >= 0.3 is 0 Å². The van der Waals surface area contributed by atoms with E-state index >= 15 is 0 Å². The molecule has 0 bridgehead atoms. The molecule has 3 aromatic heterocycles. The van der Waals surface area contributed by atoms with Gasteiger partial charge in [-0.3, -0.25) is 4.68 Å². The Labute approximate surface area is 121 Å². The quantitative estimate of drug-likeness (QED) is 0.803. The predicted octanol–water partition coefficient (Wildman–Crippen LogP) is 3.21. The molecule has 0 fully saturated rings. The Morgan fingerprint density at radius 1 is 1.30 bits per heavy atom. The van der Waals surface area contributed by atoms with Gasteiger partial charge in [-0.25, -0.2) is 9.97 Å². The summed E-state index contributed by atoms with van der Waals surface area (Å²) < 4.78 is 2.94. The zero-order valence-electron chi connectivity index (χ0n) is 12.0. The van der Waals surface area contributed by atoms with Crippen molar-refractivity contribution >= 4 is 27.4 Å². The van der Waals surface area contributed by atoms with Gasteiger partial charge in [-0.15, -0.1) is 11.3 Å². The fourth-order valence-electron chi connectivity index (χ4n) is 2.40. The largest absolute Gasteiger partial charge is 0.362 e. The van der Waals surface area contributed by atoms with E-state index in [0.29, 0.717) is 0 Å². The van der Waals surface area contributed by atoms with Gasteiger partial charge in [0.1, 0.15) is 11.6 Å². The normalized spacial score (nSPS) is 12.8. The first-order chi connectivity index (χ1) is 9.54. The van der Waals surface area contributed by atoms with Gasteiger partial charge < -0.3 is 5.32 Å². The van der Waals surface area contributed by atoms with E-state index in [1.807, 2.05) is 43.2 Å². The van der Waals surface area contributed by atoms with Crippen LogP contribution in [0.4, 0.5) is 5.82 Å². The number of nitrogens with one attached hydrogen (secondary N) is 1. The SMILES string of the molecule is Cc1nc(N[C@@H](C)c2cn(C)nc2C)c2sccc2n1. The summed E-state index contributed by atoms with van der Waals surface area (Å²) in [5, 5.41) is 9.92. The molecule has 0 aliphatic rings. The van der Waals surface area contributed by atoms with E-state index in [-0.39, 0.29) is 6.04 Å². The third-order valence-electron chi connectivity index (χ3n) is 3.29. The summed E-state index contributed by atoms with van der Waals surface area (Å²) in [4.78, 5) is 8.98. The third-order valence-corrected chi connectivity index (χ3v) is 4.20. The van der Waals surface area contributed by atoms with Crippen LogP contribution in [0.2, 0.25) is 0 Å². The first-order valence-electron chi connectivity index (χ1n) is 6.53. The molecule has 0 spiro atoms. The molecule has 5 nitrogen and oxygen atoms in total. The summed E-state index contributed by atoms with van der Waals surface area (Å²) in [6.45, 7) is 6.07. The molecule has 1 atom stereocenters. The van der Waals surface area contributed by atoms with Gasteiger partial charge in [-0.2, -0.15) is 5.10 Å². The molecule has 0 aliphatic carbocycles. The van der Waals surface area contributed by atoms with Gasteiger partial charge in [0.05, 0.1) is 22.0 Å². The molecule has 0 saturated heterocycles. The van der Waals surface area contributed by atoms with Crippen molar-refractivity contribution in [1.82, 2.24) is 19.7 Å². The van der Waals surface area contributed by atoms with Crippen molar-refractivity contribution in [2.75, 3.05) is 5.32 Å². The Morgan fingerprint density at radius 3 is 2.80 bits per heavy atom. The Hall–Kier alpha value is -1.95. The second kappa shape index (κ2) is 4.86. The van der Waals surface area contributed by atoms with Crippen molar-refractivity contribution in [3.63, 3.8) is 0 Å². The molecule has 1 N–H and O–H groups in total. The van der Waals surface area contributed by atoms with Crippen LogP contribution in [0.1, 0.15) is 30.0 Å². The summed E-state index contributed by atoms with van der Waals surface area (Å²) >= 11 is 1.66. The van der Waals surface area contributed by atoms with Crippen LogP contribution in [-0.4, -0.2) is 19.7 Å². The Kier molecular flexibility index (Phi) is 3.17. The molecule has 0 aromatic carbocycles. The van der Waals surface area contributed by atoms with Crippen molar-refractivity contribution in [3.05, 3.63) is 34.7 Å². The number of rotatable bonds is 3. The summed E-state index contributed by atoms with van der Waals surface area (Å²) in [6.07, 6.45) is 2.05. The molecule has 104 valence electrons. The van der Waals surface area contributed by atoms with Gasteiger partial charge in [0.25, 0.3) is 0 Å².